The first kappa shape index (κ1) is 16.6. The van der Waals surface area contributed by atoms with E-state index in [2.05, 4.69) is 10.3 Å². The van der Waals surface area contributed by atoms with Crippen LogP contribution in [0.15, 0.2) is 18.3 Å². The van der Waals surface area contributed by atoms with E-state index in [-0.39, 0.29) is 37.5 Å². The number of carbonyl (C=O) groups is 3. The molecule has 21 heavy (non-hydrogen) atoms. The van der Waals surface area contributed by atoms with Crippen LogP contribution in [0.5, 0.6) is 0 Å². The van der Waals surface area contributed by atoms with Gasteiger partial charge in [-0.05, 0) is 12.1 Å². The van der Waals surface area contributed by atoms with Crippen LogP contribution in [0, 0.1) is 0 Å². The van der Waals surface area contributed by atoms with Crippen molar-refractivity contribution in [2.75, 3.05) is 20.1 Å². The zero-order valence-electron chi connectivity index (χ0n) is 11.7. The maximum Gasteiger partial charge on any atom is 0.335 e. The van der Waals surface area contributed by atoms with Gasteiger partial charge in [0.1, 0.15) is 0 Å². The van der Waals surface area contributed by atoms with Crippen molar-refractivity contribution < 1.29 is 19.5 Å². The molecule has 0 aliphatic carbocycles. The number of nitrogens with zero attached hydrogens (tertiary/aromatic N) is 2. The van der Waals surface area contributed by atoms with Crippen LogP contribution in [-0.2, 0) is 16.1 Å². The lowest BCUT2D eigenvalue weighted by Crippen LogP contribution is -2.37. The van der Waals surface area contributed by atoms with Crippen LogP contribution in [0.2, 0.25) is 0 Å². The molecule has 0 unspecified atom stereocenters. The zero-order chi connectivity index (χ0) is 15.8. The number of nitrogens with two attached hydrogens (primary N) is 1. The fraction of sp³-hybridized carbons (Fsp3) is 0.385. The minimum Gasteiger partial charge on any atom is -0.478 e. The number of carbonyl (C=O) groups excluding carboxylic acids is 2. The number of aromatic nitrogens is 1. The van der Waals surface area contributed by atoms with Crippen molar-refractivity contribution in [2.24, 2.45) is 5.73 Å². The molecule has 0 aliphatic rings. The summed E-state index contributed by atoms with van der Waals surface area (Å²) < 4.78 is 0. The second-order valence-corrected chi connectivity index (χ2v) is 4.48. The Balaban J connectivity index is 2.39. The molecule has 1 aromatic heterocycles. The van der Waals surface area contributed by atoms with Gasteiger partial charge in [-0.2, -0.15) is 0 Å². The fourth-order valence-corrected chi connectivity index (χ4v) is 1.54. The Bertz CT molecular complexity index is 533. The van der Waals surface area contributed by atoms with E-state index in [0.717, 1.165) is 0 Å². The van der Waals surface area contributed by atoms with Gasteiger partial charge in [-0.3, -0.25) is 14.6 Å². The standard InChI is InChI=1S/C13H18N4O4/c1-17(5-3-11(14)18)12(19)8-15-7-10-6-9(13(20)21)2-4-16-10/h2,4,6,15H,3,5,7-8H2,1H3,(H2,14,18)(H,20,21). The van der Waals surface area contributed by atoms with Crippen LogP contribution >= 0.6 is 0 Å². The zero-order valence-corrected chi connectivity index (χ0v) is 11.7. The lowest BCUT2D eigenvalue weighted by atomic mass is 10.2. The van der Waals surface area contributed by atoms with Gasteiger partial charge in [0.15, 0.2) is 0 Å². The van der Waals surface area contributed by atoms with E-state index < -0.39 is 11.9 Å². The van der Waals surface area contributed by atoms with E-state index in [1.165, 1.54) is 23.2 Å². The molecule has 8 heteroatoms. The summed E-state index contributed by atoms with van der Waals surface area (Å²) in [7, 11) is 1.58. The molecule has 0 radical (unpaired) electrons. The summed E-state index contributed by atoms with van der Waals surface area (Å²) in [5, 5.41) is 11.7. The maximum absolute atomic E-state index is 11.7. The van der Waals surface area contributed by atoms with Gasteiger partial charge in [0.05, 0.1) is 17.8 Å². The van der Waals surface area contributed by atoms with Gasteiger partial charge >= 0.3 is 5.97 Å². The van der Waals surface area contributed by atoms with E-state index >= 15 is 0 Å². The van der Waals surface area contributed by atoms with Crippen molar-refractivity contribution in [2.45, 2.75) is 13.0 Å². The number of nitrogens with one attached hydrogen (secondary N) is 1. The Morgan fingerprint density at radius 2 is 2.14 bits per heavy atom. The largest absolute Gasteiger partial charge is 0.478 e. The highest BCUT2D eigenvalue weighted by Gasteiger charge is 2.09. The Kier molecular flexibility index (Phi) is 6.28. The van der Waals surface area contributed by atoms with Crippen molar-refractivity contribution in [1.82, 2.24) is 15.2 Å². The molecule has 0 saturated heterocycles. The molecule has 4 N–H and O–H groups in total. The molecule has 1 rings (SSSR count). The normalized spacial score (nSPS) is 10.1. The molecule has 0 bridgehead atoms. The summed E-state index contributed by atoms with van der Waals surface area (Å²) in [5.41, 5.74) is 5.68. The molecular weight excluding hydrogens is 276 g/mol. The first-order valence-electron chi connectivity index (χ1n) is 6.31. The third kappa shape index (κ3) is 6.00. The summed E-state index contributed by atoms with van der Waals surface area (Å²) in [6.45, 7) is 0.605. The van der Waals surface area contributed by atoms with Crippen LogP contribution in [0.3, 0.4) is 0 Å². The van der Waals surface area contributed by atoms with Gasteiger partial charge in [-0.25, -0.2) is 4.79 Å². The molecule has 1 aromatic rings. The minimum atomic E-state index is -1.03. The van der Waals surface area contributed by atoms with Crippen LogP contribution in [0.25, 0.3) is 0 Å². The third-order valence-electron chi connectivity index (χ3n) is 2.77. The lowest BCUT2D eigenvalue weighted by Gasteiger charge is -2.16. The predicted octanol–water partition coefficient (Wildman–Crippen LogP) is -0.797. The number of carboxylic acids is 1. The van der Waals surface area contributed by atoms with Crippen molar-refractivity contribution >= 4 is 17.8 Å². The van der Waals surface area contributed by atoms with Gasteiger partial charge in [-0.1, -0.05) is 0 Å². The summed E-state index contributed by atoms with van der Waals surface area (Å²) in [5.74, 6) is -1.68. The van der Waals surface area contributed by atoms with E-state index in [1.807, 2.05) is 0 Å². The molecule has 0 fully saturated rings. The summed E-state index contributed by atoms with van der Waals surface area (Å²) in [6, 6.07) is 2.84. The number of likely N-dealkylation sites (N-methyl/N-ethyl adjacent to an activating group) is 1. The van der Waals surface area contributed by atoms with Crippen LogP contribution in [-0.4, -0.2) is 52.9 Å². The number of amides is 2. The maximum atomic E-state index is 11.7. The average molecular weight is 294 g/mol. The Morgan fingerprint density at radius 3 is 2.76 bits per heavy atom. The van der Waals surface area contributed by atoms with Crippen molar-refractivity contribution in [3.8, 4) is 0 Å². The number of carboxylic acid groups (broad SMARTS) is 1. The molecular formula is C13H18N4O4. The van der Waals surface area contributed by atoms with Crippen LogP contribution in [0.1, 0.15) is 22.5 Å². The summed E-state index contributed by atoms with van der Waals surface area (Å²) >= 11 is 0. The average Bonchev–Trinajstić information content (AvgIpc) is 2.44. The van der Waals surface area contributed by atoms with Crippen LogP contribution in [0.4, 0.5) is 0 Å². The first-order chi connectivity index (χ1) is 9.90. The van der Waals surface area contributed by atoms with E-state index in [9.17, 15) is 14.4 Å². The number of primary amides is 1. The molecule has 8 nitrogen and oxygen atoms in total. The van der Waals surface area contributed by atoms with Crippen molar-refractivity contribution in [3.05, 3.63) is 29.6 Å². The Morgan fingerprint density at radius 1 is 1.43 bits per heavy atom. The lowest BCUT2D eigenvalue weighted by molar-refractivity contribution is -0.129. The van der Waals surface area contributed by atoms with Crippen LogP contribution < -0.4 is 11.1 Å². The van der Waals surface area contributed by atoms with E-state index in [4.69, 9.17) is 10.8 Å². The SMILES string of the molecule is CN(CCC(N)=O)C(=O)CNCc1cc(C(=O)O)ccn1. The second kappa shape index (κ2) is 7.95. The first-order valence-corrected chi connectivity index (χ1v) is 6.31. The molecule has 0 atom stereocenters. The quantitative estimate of drug-likeness (QED) is 0.576. The van der Waals surface area contributed by atoms with Gasteiger partial charge in [-0.15, -0.1) is 0 Å². The number of rotatable bonds is 8. The Labute approximate surface area is 121 Å². The van der Waals surface area contributed by atoms with Gasteiger partial charge in [0.2, 0.25) is 11.8 Å². The molecule has 114 valence electrons. The third-order valence-corrected chi connectivity index (χ3v) is 2.77. The smallest absolute Gasteiger partial charge is 0.335 e. The molecule has 0 aromatic carbocycles. The predicted molar refractivity (Wildman–Crippen MR) is 74.4 cm³/mol. The number of aromatic carboxylic acids is 1. The summed E-state index contributed by atoms with van der Waals surface area (Å²) in [6.07, 6.45) is 1.52. The van der Waals surface area contributed by atoms with Gasteiger partial charge < -0.3 is 21.1 Å². The number of hydrogen-bond acceptors (Lipinski definition) is 5. The summed E-state index contributed by atoms with van der Waals surface area (Å²) in [4.78, 5) is 38.6. The highest BCUT2D eigenvalue weighted by atomic mass is 16.4. The second-order valence-electron chi connectivity index (χ2n) is 4.48. The topological polar surface area (TPSA) is 126 Å². The highest BCUT2D eigenvalue weighted by Crippen LogP contribution is 2.01. The van der Waals surface area contributed by atoms with Crippen molar-refractivity contribution in [3.63, 3.8) is 0 Å². The molecule has 1 heterocycles. The highest BCUT2D eigenvalue weighted by molar-refractivity contribution is 5.87. The van der Waals surface area contributed by atoms with Gasteiger partial charge in [0.25, 0.3) is 0 Å². The molecule has 2 amide bonds. The van der Waals surface area contributed by atoms with Crippen molar-refractivity contribution in [1.29, 1.82) is 0 Å². The number of pyridine rings is 1. The fourth-order valence-electron chi connectivity index (χ4n) is 1.54. The minimum absolute atomic E-state index is 0.0637. The van der Waals surface area contributed by atoms with E-state index in [0.29, 0.717) is 5.69 Å². The molecule has 0 saturated carbocycles. The number of hydrogen-bond donors (Lipinski definition) is 3. The molecule has 0 spiro atoms. The monoisotopic (exact) mass is 294 g/mol. The van der Waals surface area contributed by atoms with Gasteiger partial charge in [0, 0.05) is 32.8 Å². The molecule has 0 aliphatic heterocycles. The van der Waals surface area contributed by atoms with E-state index in [1.54, 1.807) is 7.05 Å². The Hall–Kier alpha value is -2.48.